The summed E-state index contributed by atoms with van der Waals surface area (Å²) in [6, 6.07) is 6.21. The Kier molecular flexibility index (Phi) is 3.89. The van der Waals surface area contributed by atoms with E-state index in [0.717, 1.165) is 5.56 Å². The molecule has 102 valence electrons. The lowest BCUT2D eigenvalue weighted by Crippen LogP contribution is -2.40. The van der Waals surface area contributed by atoms with E-state index in [1.807, 2.05) is 0 Å². The molecule has 1 aromatic rings. The number of carbonyl (C=O) groups excluding carboxylic acids is 1. The molecule has 19 heavy (non-hydrogen) atoms. The number of amides is 1. The lowest BCUT2D eigenvalue weighted by molar-refractivity contribution is -0.141. The lowest BCUT2D eigenvalue weighted by atomic mass is 10.2. The predicted octanol–water partition coefficient (Wildman–Crippen LogP) is 1.45. The van der Waals surface area contributed by atoms with Gasteiger partial charge in [0.2, 0.25) is 0 Å². The van der Waals surface area contributed by atoms with Crippen molar-refractivity contribution >= 4 is 17.7 Å². The third-order valence-corrected chi connectivity index (χ3v) is 3.11. The van der Waals surface area contributed by atoms with Crippen LogP contribution in [0.25, 0.3) is 0 Å². The van der Waals surface area contributed by atoms with Crippen molar-refractivity contribution in [3.8, 4) is 0 Å². The van der Waals surface area contributed by atoms with Crippen molar-refractivity contribution in [1.29, 1.82) is 0 Å². The van der Waals surface area contributed by atoms with E-state index in [2.05, 4.69) is 0 Å². The quantitative estimate of drug-likeness (QED) is 0.806. The number of hydrogen-bond donors (Lipinski definition) is 2. The van der Waals surface area contributed by atoms with Gasteiger partial charge in [-0.1, -0.05) is 12.1 Å². The second kappa shape index (κ2) is 5.60. The molecule has 1 unspecified atom stereocenters. The molecule has 0 bridgehead atoms. The van der Waals surface area contributed by atoms with Crippen LogP contribution in [0.15, 0.2) is 24.3 Å². The summed E-state index contributed by atoms with van der Waals surface area (Å²) < 4.78 is 5.12. The smallest absolute Gasteiger partial charge is 0.410 e. The molecule has 1 saturated heterocycles. The fourth-order valence-electron chi connectivity index (χ4n) is 2.08. The molecular formula is C13H16N2O4. The van der Waals surface area contributed by atoms with Gasteiger partial charge in [-0.25, -0.2) is 9.59 Å². The topological polar surface area (TPSA) is 92.9 Å². The van der Waals surface area contributed by atoms with Gasteiger partial charge in [0.05, 0.1) is 0 Å². The van der Waals surface area contributed by atoms with Crippen LogP contribution in [0.4, 0.5) is 10.5 Å². The van der Waals surface area contributed by atoms with Crippen molar-refractivity contribution in [2.24, 2.45) is 0 Å². The summed E-state index contributed by atoms with van der Waals surface area (Å²) in [5.74, 6) is -0.984. The Bertz CT molecular complexity index is 472. The Morgan fingerprint density at radius 1 is 1.37 bits per heavy atom. The number of carboxylic acids is 1. The molecule has 1 heterocycles. The van der Waals surface area contributed by atoms with E-state index >= 15 is 0 Å². The van der Waals surface area contributed by atoms with Gasteiger partial charge in [0.1, 0.15) is 12.6 Å². The van der Waals surface area contributed by atoms with Gasteiger partial charge < -0.3 is 15.6 Å². The molecule has 1 aromatic carbocycles. The van der Waals surface area contributed by atoms with Crippen LogP contribution in [0.3, 0.4) is 0 Å². The minimum atomic E-state index is -0.984. The van der Waals surface area contributed by atoms with Gasteiger partial charge in [-0.05, 0) is 30.5 Å². The molecule has 0 spiro atoms. The van der Waals surface area contributed by atoms with Crippen molar-refractivity contribution in [1.82, 2.24) is 4.90 Å². The second-order valence-electron chi connectivity index (χ2n) is 4.49. The number of nitrogen functional groups attached to an aromatic ring is 1. The van der Waals surface area contributed by atoms with E-state index in [9.17, 15) is 9.59 Å². The number of carbonyl (C=O) groups is 2. The Labute approximate surface area is 110 Å². The van der Waals surface area contributed by atoms with Gasteiger partial charge in [0, 0.05) is 12.2 Å². The number of anilines is 1. The SMILES string of the molecule is Nc1ccc(COC(=O)N2CCCC2C(=O)O)cc1. The standard InChI is InChI=1S/C13H16N2O4/c14-10-5-3-9(4-6-10)8-19-13(18)15-7-1-2-11(15)12(16)17/h3-6,11H,1-2,7-8,14H2,(H,16,17). The van der Waals surface area contributed by atoms with E-state index in [1.165, 1.54) is 4.90 Å². The van der Waals surface area contributed by atoms with Gasteiger partial charge in [-0.15, -0.1) is 0 Å². The highest BCUT2D eigenvalue weighted by Crippen LogP contribution is 2.19. The molecule has 0 aromatic heterocycles. The van der Waals surface area contributed by atoms with Crippen LogP contribution in [0.2, 0.25) is 0 Å². The van der Waals surface area contributed by atoms with Crippen molar-refractivity contribution < 1.29 is 19.4 Å². The third kappa shape index (κ3) is 3.15. The molecule has 1 aliphatic heterocycles. The maximum absolute atomic E-state index is 11.8. The lowest BCUT2D eigenvalue weighted by Gasteiger charge is -2.20. The van der Waals surface area contributed by atoms with Crippen molar-refractivity contribution in [2.45, 2.75) is 25.5 Å². The van der Waals surface area contributed by atoms with Crippen molar-refractivity contribution in [3.05, 3.63) is 29.8 Å². The van der Waals surface area contributed by atoms with E-state index in [0.29, 0.717) is 25.1 Å². The number of nitrogens with two attached hydrogens (primary N) is 1. The highest BCUT2D eigenvalue weighted by atomic mass is 16.6. The van der Waals surface area contributed by atoms with Gasteiger partial charge in [-0.3, -0.25) is 4.90 Å². The van der Waals surface area contributed by atoms with E-state index in [4.69, 9.17) is 15.6 Å². The summed E-state index contributed by atoms with van der Waals surface area (Å²) in [7, 11) is 0. The van der Waals surface area contributed by atoms with Crippen LogP contribution in [0.5, 0.6) is 0 Å². The molecule has 1 aliphatic rings. The maximum atomic E-state index is 11.8. The average Bonchev–Trinajstić information content (AvgIpc) is 2.87. The molecule has 3 N–H and O–H groups in total. The molecular weight excluding hydrogens is 248 g/mol. The number of nitrogens with zero attached hydrogens (tertiary/aromatic N) is 1. The molecule has 6 nitrogen and oxygen atoms in total. The Morgan fingerprint density at radius 2 is 2.05 bits per heavy atom. The minimum Gasteiger partial charge on any atom is -0.480 e. The van der Waals surface area contributed by atoms with Crippen LogP contribution in [0.1, 0.15) is 18.4 Å². The highest BCUT2D eigenvalue weighted by molar-refractivity contribution is 5.80. The molecule has 1 amide bonds. The first kappa shape index (κ1) is 13.2. The summed E-state index contributed by atoms with van der Waals surface area (Å²) in [5, 5.41) is 8.99. The monoisotopic (exact) mass is 264 g/mol. The van der Waals surface area contributed by atoms with Crippen LogP contribution in [-0.2, 0) is 16.1 Å². The number of ether oxygens (including phenoxy) is 1. The number of likely N-dealkylation sites (tertiary alicyclic amines) is 1. The Morgan fingerprint density at radius 3 is 2.68 bits per heavy atom. The number of carboxylic acid groups (broad SMARTS) is 1. The van der Waals surface area contributed by atoms with Gasteiger partial charge in [0.25, 0.3) is 0 Å². The minimum absolute atomic E-state index is 0.113. The predicted molar refractivity (Wildman–Crippen MR) is 68.4 cm³/mol. The molecule has 1 atom stereocenters. The Hall–Kier alpha value is -2.24. The molecule has 1 fully saturated rings. The van der Waals surface area contributed by atoms with E-state index in [1.54, 1.807) is 24.3 Å². The van der Waals surface area contributed by atoms with Gasteiger partial charge in [-0.2, -0.15) is 0 Å². The summed E-state index contributed by atoms with van der Waals surface area (Å²) in [4.78, 5) is 24.0. The summed E-state index contributed by atoms with van der Waals surface area (Å²) in [6.07, 6.45) is 0.585. The van der Waals surface area contributed by atoms with Crippen LogP contribution < -0.4 is 5.73 Å². The fourth-order valence-corrected chi connectivity index (χ4v) is 2.08. The first-order valence-corrected chi connectivity index (χ1v) is 6.08. The number of aliphatic carboxylic acids is 1. The van der Waals surface area contributed by atoms with Gasteiger partial charge >= 0.3 is 12.1 Å². The summed E-state index contributed by atoms with van der Waals surface area (Å²) >= 11 is 0. The van der Waals surface area contributed by atoms with Gasteiger partial charge in [0.15, 0.2) is 0 Å². The van der Waals surface area contributed by atoms with Crippen LogP contribution in [-0.4, -0.2) is 34.7 Å². The van der Waals surface area contributed by atoms with Crippen LogP contribution in [0, 0.1) is 0 Å². The van der Waals surface area contributed by atoms with Crippen molar-refractivity contribution in [2.75, 3.05) is 12.3 Å². The number of benzene rings is 1. The molecule has 6 heteroatoms. The third-order valence-electron chi connectivity index (χ3n) is 3.11. The maximum Gasteiger partial charge on any atom is 0.410 e. The molecule has 0 radical (unpaired) electrons. The van der Waals surface area contributed by atoms with E-state index < -0.39 is 18.1 Å². The normalized spacial score (nSPS) is 18.3. The number of rotatable bonds is 3. The Balaban J connectivity index is 1.90. The van der Waals surface area contributed by atoms with E-state index in [-0.39, 0.29) is 6.61 Å². The zero-order chi connectivity index (χ0) is 13.8. The summed E-state index contributed by atoms with van der Waals surface area (Å²) in [5.41, 5.74) is 7.01. The average molecular weight is 264 g/mol. The largest absolute Gasteiger partial charge is 0.480 e. The number of hydrogen-bond acceptors (Lipinski definition) is 4. The second-order valence-corrected chi connectivity index (χ2v) is 4.49. The van der Waals surface area contributed by atoms with Crippen LogP contribution >= 0.6 is 0 Å². The first-order chi connectivity index (χ1) is 9.08. The van der Waals surface area contributed by atoms with Crippen molar-refractivity contribution in [3.63, 3.8) is 0 Å². The zero-order valence-electron chi connectivity index (χ0n) is 10.4. The summed E-state index contributed by atoms with van der Waals surface area (Å²) in [6.45, 7) is 0.541. The molecule has 0 saturated carbocycles. The highest BCUT2D eigenvalue weighted by Gasteiger charge is 2.34. The zero-order valence-corrected chi connectivity index (χ0v) is 10.4. The fraction of sp³-hybridized carbons (Fsp3) is 0.385. The molecule has 2 rings (SSSR count). The first-order valence-electron chi connectivity index (χ1n) is 6.08. The molecule has 0 aliphatic carbocycles.